The van der Waals surface area contributed by atoms with Crippen molar-refractivity contribution in [2.75, 3.05) is 18.0 Å². The van der Waals surface area contributed by atoms with E-state index in [1.807, 2.05) is 13.8 Å². The van der Waals surface area contributed by atoms with E-state index in [0.29, 0.717) is 4.88 Å². The second kappa shape index (κ2) is 5.88. The van der Waals surface area contributed by atoms with Crippen LogP contribution in [0.5, 0.6) is 0 Å². The van der Waals surface area contributed by atoms with Gasteiger partial charge in [0.25, 0.3) is 5.91 Å². The van der Waals surface area contributed by atoms with Crippen LogP contribution in [0.25, 0.3) is 0 Å². The lowest BCUT2D eigenvalue weighted by atomic mass is 10.00. The number of aromatic nitrogens is 1. The molecule has 0 unspecified atom stereocenters. The molecule has 19 heavy (non-hydrogen) atoms. The van der Waals surface area contributed by atoms with Gasteiger partial charge < -0.3 is 4.90 Å². The molecule has 1 amide bonds. The number of thiazole rings is 1. The molecule has 1 aromatic heterocycles. The molecular formula is C13H22N4OS. The minimum atomic E-state index is -0.238. The number of carbonyl (C=O) groups excluding carboxylic acids is 1. The zero-order chi connectivity index (χ0) is 14.0. The highest BCUT2D eigenvalue weighted by atomic mass is 32.1. The molecule has 0 bridgehead atoms. The standard InChI is InChI=1S/C13H22N4OS/c1-8(2)10-11(12(18)16-14)19-13(15-10)17-6-4-9(3)5-7-17/h8-9H,4-7,14H2,1-3H3,(H,16,18). The summed E-state index contributed by atoms with van der Waals surface area (Å²) in [7, 11) is 0. The van der Waals surface area contributed by atoms with E-state index in [9.17, 15) is 4.79 Å². The van der Waals surface area contributed by atoms with Gasteiger partial charge in [0, 0.05) is 13.1 Å². The Hall–Kier alpha value is -1.14. The zero-order valence-electron chi connectivity index (χ0n) is 11.8. The van der Waals surface area contributed by atoms with E-state index in [1.54, 1.807) is 0 Å². The molecule has 0 atom stereocenters. The van der Waals surface area contributed by atoms with Crippen LogP contribution in [0.2, 0.25) is 0 Å². The first-order chi connectivity index (χ1) is 9.02. The quantitative estimate of drug-likeness (QED) is 0.506. The van der Waals surface area contributed by atoms with Gasteiger partial charge >= 0.3 is 0 Å². The second-order valence-corrected chi connectivity index (χ2v) is 6.49. The third kappa shape index (κ3) is 3.06. The molecule has 2 heterocycles. The summed E-state index contributed by atoms with van der Waals surface area (Å²) >= 11 is 1.45. The van der Waals surface area contributed by atoms with Crippen molar-refractivity contribution in [2.45, 2.75) is 39.5 Å². The summed E-state index contributed by atoms with van der Waals surface area (Å²) in [6.07, 6.45) is 2.38. The largest absolute Gasteiger partial charge is 0.348 e. The smallest absolute Gasteiger partial charge is 0.277 e. The normalized spacial score (nSPS) is 17.0. The minimum absolute atomic E-state index is 0.223. The summed E-state index contributed by atoms with van der Waals surface area (Å²) in [4.78, 5) is 19.4. The van der Waals surface area contributed by atoms with Gasteiger partial charge in [0.05, 0.1) is 5.69 Å². The SMILES string of the molecule is CC1CCN(c2nc(C(C)C)c(C(=O)NN)s2)CC1. The van der Waals surface area contributed by atoms with Crippen molar-refractivity contribution in [1.29, 1.82) is 0 Å². The molecule has 0 aliphatic carbocycles. The fraction of sp³-hybridized carbons (Fsp3) is 0.692. The van der Waals surface area contributed by atoms with Crippen molar-refractivity contribution >= 4 is 22.4 Å². The Morgan fingerprint density at radius 1 is 1.47 bits per heavy atom. The second-order valence-electron chi connectivity index (χ2n) is 5.51. The maximum Gasteiger partial charge on any atom is 0.277 e. The summed E-state index contributed by atoms with van der Waals surface area (Å²) in [5.74, 6) is 6.01. The lowest BCUT2D eigenvalue weighted by Gasteiger charge is -2.29. The number of nitrogen functional groups attached to an aromatic ring is 1. The van der Waals surface area contributed by atoms with Gasteiger partial charge in [-0.2, -0.15) is 0 Å². The Bertz CT molecular complexity index is 449. The van der Waals surface area contributed by atoms with Crippen molar-refractivity contribution in [1.82, 2.24) is 10.4 Å². The molecule has 0 saturated carbocycles. The Morgan fingerprint density at radius 3 is 2.63 bits per heavy atom. The molecule has 6 heteroatoms. The molecule has 1 aromatic rings. The summed E-state index contributed by atoms with van der Waals surface area (Å²) in [6.45, 7) is 8.42. The van der Waals surface area contributed by atoms with Crippen LogP contribution in [0.3, 0.4) is 0 Å². The number of hydrogen-bond donors (Lipinski definition) is 2. The molecular weight excluding hydrogens is 260 g/mol. The Kier molecular flexibility index (Phi) is 4.42. The van der Waals surface area contributed by atoms with Gasteiger partial charge in [0.15, 0.2) is 5.13 Å². The van der Waals surface area contributed by atoms with Gasteiger partial charge in [-0.15, -0.1) is 0 Å². The van der Waals surface area contributed by atoms with E-state index in [-0.39, 0.29) is 11.8 Å². The number of piperidine rings is 1. The molecule has 1 fully saturated rings. The molecule has 1 aliphatic rings. The summed E-state index contributed by atoms with van der Waals surface area (Å²) < 4.78 is 0. The zero-order valence-corrected chi connectivity index (χ0v) is 12.6. The average Bonchev–Trinajstić information content (AvgIpc) is 2.84. The number of anilines is 1. The topological polar surface area (TPSA) is 71.2 Å². The molecule has 0 aromatic carbocycles. The van der Waals surface area contributed by atoms with Gasteiger partial charge in [-0.3, -0.25) is 10.2 Å². The molecule has 1 aliphatic heterocycles. The third-order valence-corrected chi connectivity index (χ3v) is 4.71. The highest BCUT2D eigenvalue weighted by Crippen LogP contribution is 2.32. The fourth-order valence-electron chi connectivity index (χ4n) is 2.27. The number of nitrogens with one attached hydrogen (secondary N) is 1. The van der Waals surface area contributed by atoms with Crippen LogP contribution in [0.15, 0.2) is 0 Å². The van der Waals surface area contributed by atoms with Crippen LogP contribution in [-0.2, 0) is 0 Å². The van der Waals surface area contributed by atoms with E-state index < -0.39 is 0 Å². The number of carbonyl (C=O) groups is 1. The van der Waals surface area contributed by atoms with Crippen molar-refractivity contribution in [3.8, 4) is 0 Å². The number of amides is 1. The summed E-state index contributed by atoms with van der Waals surface area (Å²) in [5, 5.41) is 0.953. The fourth-order valence-corrected chi connectivity index (χ4v) is 3.45. The molecule has 3 N–H and O–H groups in total. The number of nitrogens with zero attached hydrogens (tertiary/aromatic N) is 2. The van der Waals surface area contributed by atoms with Gasteiger partial charge in [-0.25, -0.2) is 10.8 Å². The monoisotopic (exact) mass is 282 g/mol. The first kappa shape index (κ1) is 14.3. The van der Waals surface area contributed by atoms with Gasteiger partial charge in [-0.05, 0) is 24.7 Å². The van der Waals surface area contributed by atoms with Crippen LogP contribution in [-0.4, -0.2) is 24.0 Å². The maximum absolute atomic E-state index is 11.8. The van der Waals surface area contributed by atoms with Crippen molar-refractivity contribution in [2.24, 2.45) is 11.8 Å². The average molecular weight is 282 g/mol. The number of nitrogens with two attached hydrogens (primary N) is 1. The predicted molar refractivity (Wildman–Crippen MR) is 78.5 cm³/mol. The van der Waals surface area contributed by atoms with Gasteiger partial charge in [0.2, 0.25) is 0 Å². The van der Waals surface area contributed by atoms with Gasteiger partial charge in [-0.1, -0.05) is 32.1 Å². The number of rotatable bonds is 3. The highest BCUT2D eigenvalue weighted by Gasteiger charge is 2.24. The highest BCUT2D eigenvalue weighted by molar-refractivity contribution is 7.17. The molecule has 2 rings (SSSR count). The summed E-state index contributed by atoms with van der Waals surface area (Å²) in [5.41, 5.74) is 3.06. The number of hydrogen-bond acceptors (Lipinski definition) is 5. The molecule has 106 valence electrons. The maximum atomic E-state index is 11.8. The van der Waals surface area contributed by atoms with Crippen molar-refractivity contribution in [3.63, 3.8) is 0 Å². The van der Waals surface area contributed by atoms with Crippen molar-refractivity contribution in [3.05, 3.63) is 10.6 Å². The van der Waals surface area contributed by atoms with Crippen LogP contribution in [0.4, 0.5) is 5.13 Å². The van der Waals surface area contributed by atoms with Crippen molar-refractivity contribution < 1.29 is 4.79 Å². The van der Waals surface area contributed by atoms with Gasteiger partial charge in [0.1, 0.15) is 4.88 Å². The first-order valence-corrected chi connectivity index (χ1v) is 7.61. The van der Waals surface area contributed by atoms with Crippen LogP contribution >= 0.6 is 11.3 Å². The third-order valence-electron chi connectivity index (χ3n) is 3.58. The Morgan fingerprint density at radius 2 is 2.11 bits per heavy atom. The van der Waals surface area contributed by atoms with E-state index in [1.165, 1.54) is 24.2 Å². The predicted octanol–water partition coefficient (Wildman–Crippen LogP) is 2.11. The van der Waals surface area contributed by atoms with E-state index >= 15 is 0 Å². The lowest BCUT2D eigenvalue weighted by molar-refractivity contribution is 0.0956. The molecule has 0 spiro atoms. The Balaban J connectivity index is 2.24. The van der Waals surface area contributed by atoms with E-state index in [0.717, 1.165) is 29.8 Å². The Labute approximate surface area is 118 Å². The molecule has 5 nitrogen and oxygen atoms in total. The first-order valence-electron chi connectivity index (χ1n) is 6.79. The number of hydrazine groups is 1. The van der Waals surface area contributed by atoms with Crippen LogP contribution in [0.1, 0.15) is 54.9 Å². The molecule has 0 radical (unpaired) electrons. The van der Waals surface area contributed by atoms with E-state index in [4.69, 9.17) is 5.84 Å². The minimum Gasteiger partial charge on any atom is -0.348 e. The summed E-state index contributed by atoms with van der Waals surface area (Å²) in [6, 6.07) is 0. The van der Waals surface area contributed by atoms with E-state index in [2.05, 4.69) is 22.2 Å². The van der Waals surface area contributed by atoms with Crippen LogP contribution in [0, 0.1) is 5.92 Å². The van der Waals surface area contributed by atoms with Crippen LogP contribution < -0.4 is 16.2 Å². The lowest BCUT2D eigenvalue weighted by Crippen LogP contribution is -2.32. The molecule has 1 saturated heterocycles.